The molecular formula is C15H24N2. The van der Waals surface area contributed by atoms with Gasteiger partial charge in [-0.2, -0.15) is 0 Å². The molecule has 0 spiro atoms. The minimum Gasteiger partial charge on any atom is -0.271 e. The average molecular weight is 232 g/mol. The zero-order valence-corrected chi connectivity index (χ0v) is 11.2. The fourth-order valence-electron chi connectivity index (χ4n) is 3.33. The first-order valence-electron chi connectivity index (χ1n) is 6.58. The summed E-state index contributed by atoms with van der Waals surface area (Å²) in [5.41, 5.74) is 6.13. The van der Waals surface area contributed by atoms with Crippen LogP contribution in [0.4, 0.5) is 0 Å². The molecule has 2 rings (SSSR count). The van der Waals surface area contributed by atoms with Gasteiger partial charge in [-0.15, -0.1) is 0 Å². The highest BCUT2D eigenvalue weighted by Crippen LogP contribution is 2.48. The Morgan fingerprint density at radius 3 is 2.59 bits per heavy atom. The number of nitrogens with one attached hydrogen (secondary N) is 1. The van der Waals surface area contributed by atoms with Gasteiger partial charge in [-0.1, -0.05) is 44.5 Å². The van der Waals surface area contributed by atoms with E-state index in [4.69, 9.17) is 5.84 Å². The summed E-state index contributed by atoms with van der Waals surface area (Å²) < 4.78 is 0. The molecule has 0 radical (unpaired) electrons. The smallest absolute Gasteiger partial charge is 0.0495 e. The lowest BCUT2D eigenvalue weighted by Crippen LogP contribution is -2.38. The van der Waals surface area contributed by atoms with E-state index in [1.807, 2.05) is 0 Å². The van der Waals surface area contributed by atoms with E-state index in [-0.39, 0.29) is 6.04 Å². The van der Waals surface area contributed by atoms with Gasteiger partial charge in [-0.3, -0.25) is 11.3 Å². The number of rotatable bonds is 3. The monoisotopic (exact) mass is 232 g/mol. The Hall–Kier alpha value is -0.860. The van der Waals surface area contributed by atoms with Crippen LogP contribution in [0, 0.1) is 18.3 Å². The molecule has 1 aliphatic rings. The van der Waals surface area contributed by atoms with E-state index in [2.05, 4.69) is 50.5 Å². The lowest BCUT2D eigenvalue weighted by Gasteiger charge is -2.34. The van der Waals surface area contributed by atoms with Gasteiger partial charge in [0.15, 0.2) is 0 Å². The summed E-state index contributed by atoms with van der Waals surface area (Å²) in [6.07, 6.45) is 3.90. The molecular weight excluding hydrogens is 208 g/mol. The van der Waals surface area contributed by atoms with Gasteiger partial charge in [0.25, 0.3) is 0 Å². The highest BCUT2D eigenvalue weighted by atomic mass is 15.2. The molecule has 1 aromatic rings. The van der Waals surface area contributed by atoms with E-state index in [0.29, 0.717) is 11.3 Å². The lowest BCUT2D eigenvalue weighted by molar-refractivity contribution is 0.198. The van der Waals surface area contributed by atoms with Crippen LogP contribution in [0.25, 0.3) is 0 Å². The first-order chi connectivity index (χ1) is 8.06. The molecule has 0 aromatic heterocycles. The third-order valence-electron chi connectivity index (χ3n) is 4.45. The van der Waals surface area contributed by atoms with Gasteiger partial charge >= 0.3 is 0 Å². The summed E-state index contributed by atoms with van der Waals surface area (Å²) >= 11 is 0. The third-order valence-corrected chi connectivity index (χ3v) is 4.45. The maximum absolute atomic E-state index is 5.82. The summed E-state index contributed by atoms with van der Waals surface area (Å²) in [5, 5.41) is 0. The van der Waals surface area contributed by atoms with Crippen molar-refractivity contribution in [2.24, 2.45) is 17.2 Å². The van der Waals surface area contributed by atoms with Crippen molar-refractivity contribution in [3.8, 4) is 0 Å². The molecule has 0 bridgehead atoms. The topological polar surface area (TPSA) is 38.0 Å². The fraction of sp³-hybridized carbons (Fsp3) is 0.600. The Bertz CT molecular complexity index is 384. The number of nitrogens with two attached hydrogens (primary N) is 1. The van der Waals surface area contributed by atoms with Crippen LogP contribution in [0.3, 0.4) is 0 Å². The summed E-state index contributed by atoms with van der Waals surface area (Å²) in [4.78, 5) is 0. The predicted molar refractivity (Wildman–Crippen MR) is 72.4 cm³/mol. The number of aryl methyl sites for hydroxylation is 1. The minimum absolute atomic E-state index is 0.286. The Morgan fingerprint density at radius 2 is 2.06 bits per heavy atom. The SMILES string of the molecule is Cc1ccccc1C(NN)C1CCCC1(C)C. The Morgan fingerprint density at radius 1 is 1.35 bits per heavy atom. The molecule has 2 unspecified atom stereocenters. The first-order valence-corrected chi connectivity index (χ1v) is 6.58. The van der Waals surface area contributed by atoms with Gasteiger partial charge in [-0.25, -0.2) is 0 Å². The molecule has 3 N–H and O–H groups in total. The van der Waals surface area contributed by atoms with Crippen LogP contribution < -0.4 is 11.3 Å². The molecule has 2 nitrogen and oxygen atoms in total. The van der Waals surface area contributed by atoms with E-state index in [0.717, 1.165) is 0 Å². The van der Waals surface area contributed by atoms with Gasteiger partial charge in [0, 0.05) is 6.04 Å². The first kappa shape index (κ1) is 12.6. The van der Waals surface area contributed by atoms with Crippen molar-refractivity contribution in [1.29, 1.82) is 0 Å². The molecule has 0 saturated heterocycles. The van der Waals surface area contributed by atoms with Crippen molar-refractivity contribution in [1.82, 2.24) is 5.43 Å². The lowest BCUT2D eigenvalue weighted by atomic mass is 9.75. The highest BCUT2D eigenvalue weighted by Gasteiger charge is 2.40. The normalized spacial score (nSPS) is 24.8. The van der Waals surface area contributed by atoms with Gasteiger partial charge < -0.3 is 0 Å². The van der Waals surface area contributed by atoms with Crippen molar-refractivity contribution < 1.29 is 0 Å². The van der Waals surface area contributed by atoms with E-state index in [1.165, 1.54) is 30.4 Å². The van der Waals surface area contributed by atoms with Gasteiger partial charge in [0.1, 0.15) is 0 Å². The second kappa shape index (κ2) is 4.79. The third kappa shape index (κ3) is 2.38. The van der Waals surface area contributed by atoms with Crippen molar-refractivity contribution in [2.75, 3.05) is 0 Å². The van der Waals surface area contributed by atoms with Gasteiger partial charge in [0.05, 0.1) is 0 Å². The van der Waals surface area contributed by atoms with Crippen LogP contribution >= 0.6 is 0 Å². The zero-order valence-electron chi connectivity index (χ0n) is 11.2. The van der Waals surface area contributed by atoms with E-state index in [9.17, 15) is 0 Å². The second-order valence-corrected chi connectivity index (χ2v) is 5.99. The fourth-order valence-corrected chi connectivity index (χ4v) is 3.33. The van der Waals surface area contributed by atoms with E-state index < -0.39 is 0 Å². The molecule has 0 heterocycles. The summed E-state index contributed by atoms with van der Waals surface area (Å²) in [5.74, 6) is 6.46. The molecule has 1 aliphatic carbocycles. The number of hydrogen-bond acceptors (Lipinski definition) is 2. The van der Waals surface area contributed by atoms with E-state index >= 15 is 0 Å². The van der Waals surface area contributed by atoms with Crippen molar-refractivity contribution in [2.45, 2.75) is 46.1 Å². The molecule has 2 heteroatoms. The molecule has 1 fully saturated rings. The molecule has 1 aromatic carbocycles. The Balaban J connectivity index is 2.31. The summed E-state index contributed by atoms with van der Waals surface area (Å²) in [7, 11) is 0. The van der Waals surface area contributed by atoms with Crippen molar-refractivity contribution in [3.05, 3.63) is 35.4 Å². The molecule has 2 atom stereocenters. The summed E-state index contributed by atoms with van der Waals surface area (Å²) in [6, 6.07) is 8.85. The number of hydrogen-bond donors (Lipinski definition) is 2. The van der Waals surface area contributed by atoms with Gasteiger partial charge in [-0.05, 0) is 42.2 Å². The number of hydrazine groups is 1. The predicted octanol–water partition coefficient (Wildman–Crippen LogP) is 3.33. The van der Waals surface area contributed by atoms with Gasteiger partial charge in [0.2, 0.25) is 0 Å². The van der Waals surface area contributed by atoms with Crippen molar-refractivity contribution >= 4 is 0 Å². The maximum atomic E-state index is 5.82. The van der Waals surface area contributed by atoms with Crippen LogP contribution in [0.15, 0.2) is 24.3 Å². The average Bonchev–Trinajstić information content (AvgIpc) is 2.63. The van der Waals surface area contributed by atoms with Crippen LogP contribution in [-0.4, -0.2) is 0 Å². The summed E-state index contributed by atoms with van der Waals surface area (Å²) in [6.45, 7) is 6.90. The highest BCUT2D eigenvalue weighted by molar-refractivity contribution is 5.29. The largest absolute Gasteiger partial charge is 0.271 e. The number of benzene rings is 1. The quantitative estimate of drug-likeness (QED) is 0.619. The molecule has 94 valence electrons. The van der Waals surface area contributed by atoms with E-state index in [1.54, 1.807) is 0 Å². The zero-order chi connectivity index (χ0) is 12.5. The van der Waals surface area contributed by atoms with Crippen LogP contribution in [0.2, 0.25) is 0 Å². The molecule has 1 saturated carbocycles. The van der Waals surface area contributed by atoms with Crippen LogP contribution in [0.1, 0.15) is 50.3 Å². The molecule has 0 amide bonds. The van der Waals surface area contributed by atoms with Crippen molar-refractivity contribution in [3.63, 3.8) is 0 Å². The maximum Gasteiger partial charge on any atom is 0.0495 e. The van der Waals surface area contributed by atoms with Crippen LogP contribution in [-0.2, 0) is 0 Å². The van der Waals surface area contributed by atoms with Crippen LogP contribution in [0.5, 0.6) is 0 Å². The second-order valence-electron chi connectivity index (χ2n) is 5.99. The molecule has 0 aliphatic heterocycles. The Labute approximate surface area is 105 Å². The minimum atomic E-state index is 0.286. The standard InChI is InChI=1S/C15H24N2/c1-11-7-4-5-8-12(11)14(17-16)13-9-6-10-15(13,2)3/h4-5,7-8,13-14,17H,6,9-10,16H2,1-3H3. The Kier molecular flexibility index (Phi) is 3.55. The molecule has 17 heavy (non-hydrogen) atoms.